The summed E-state index contributed by atoms with van der Waals surface area (Å²) in [5.41, 5.74) is -0.858. The van der Waals surface area contributed by atoms with Crippen LogP contribution < -0.4 is 0 Å². The second-order valence-corrected chi connectivity index (χ2v) is 2.94. The predicted molar refractivity (Wildman–Crippen MR) is 37.3 cm³/mol. The molecule has 1 heterocycles. The summed E-state index contributed by atoms with van der Waals surface area (Å²) < 4.78 is 1.33. The van der Waals surface area contributed by atoms with Crippen LogP contribution in [-0.4, -0.2) is 31.3 Å². The zero-order valence-corrected chi connectivity index (χ0v) is 6.34. The average Bonchev–Trinajstić information content (AvgIpc) is 2.35. The van der Waals surface area contributed by atoms with Gasteiger partial charge in [0.05, 0.1) is 0 Å². The second kappa shape index (κ2) is 2.26. The number of carboxylic acid groups (broad SMARTS) is 1. The van der Waals surface area contributed by atoms with E-state index in [4.69, 9.17) is 5.11 Å². The molecule has 1 fully saturated rings. The minimum absolute atomic E-state index is 0.618. The third-order valence-electron chi connectivity index (χ3n) is 2.37. The van der Waals surface area contributed by atoms with Gasteiger partial charge < -0.3 is 5.11 Å². The number of rotatable bonds is 2. The number of carboxylic acids is 1. The molecule has 1 N–H and O–H groups in total. The number of tetrazole rings is 1. The fraction of sp³-hybridized carbons (Fsp3) is 0.667. The van der Waals surface area contributed by atoms with Crippen LogP contribution >= 0.6 is 0 Å². The lowest BCUT2D eigenvalue weighted by Crippen LogP contribution is -2.48. The van der Waals surface area contributed by atoms with Gasteiger partial charge in [0.2, 0.25) is 0 Å². The highest BCUT2D eigenvalue weighted by Crippen LogP contribution is 2.38. The first-order valence-corrected chi connectivity index (χ1v) is 3.72. The molecule has 12 heavy (non-hydrogen) atoms. The quantitative estimate of drug-likeness (QED) is 0.652. The zero-order valence-electron chi connectivity index (χ0n) is 6.34. The zero-order chi connectivity index (χ0) is 8.60. The Labute approximate surface area is 68.2 Å². The number of aliphatic carboxylic acids is 1. The second-order valence-electron chi connectivity index (χ2n) is 2.94. The fourth-order valence-corrected chi connectivity index (χ4v) is 1.41. The molecule has 1 saturated carbocycles. The van der Waals surface area contributed by atoms with Crippen LogP contribution in [0.1, 0.15) is 19.3 Å². The van der Waals surface area contributed by atoms with Gasteiger partial charge in [-0.25, -0.2) is 9.48 Å². The van der Waals surface area contributed by atoms with Gasteiger partial charge in [0.25, 0.3) is 0 Å². The Kier molecular flexibility index (Phi) is 1.36. The Morgan fingerprint density at radius 2 is 2.33 bits per heavy atom. The highest BCUT2D eigenvalue weighted by molar-refractivity contribution is 5.77. The first kappa shape index (κ1) is 7.20. The third kappa shape index (κ3) is 0.744. The molecule has 0 aromatic carbocycles. The molecule has 64 valence electrons. The SMILES string of the molecule is O=C(O)C1(n2cnnn2)CCC1. The van der Waals surface area contributed by atoms with E-state index in [0.717, 1.165) is 6.42 Å². The standard InChI is InChI=1S/C6H8N4O2/c11-5(12)6(2-1-3-6)10-4-7-8-9-10/h4H,1-3H2,(H,11,12). The fourth-order valence-electron chi connectivity index (χ4n) is 1.41. The highest BCUT2D eigenvalue weighted by Gasteiger charge is 2.47. The van der Waals surface area contributed by atoms with Gasteiger partial charge in [0.1, 0.15) is 6.33 Å². The summed E-state index contributed by atoms with van der Waals surface area (Å²) in [5.74, 6) is -0.846. The number of carbonyl (C=O) groups is 1. The van der Waals surface area contributed by atoms with Gasteiger partial charge in [-0.05, 0) is 29.7 Å². The van der Waals surface area contributed by atoms with Crippen molar-refractivity contribution in [1.82, 2.24) is 20.2 Å². The number of nitrogens with zero attached hydrogens (tertiary/aromatic N) is 4. The van der Waals surface area contributed by atoms with E-state index in [-0.39, 0.29) is 0 Å². The monoisotopic (exact) mass is 168 g/mol. The van der Waals surface area contributed by atoms with Gasteiger partial charge in [0, 0.05) is 0 Å². The van der Waals surface area contributed by atoms with E-state index in [0.29, 0.717) is 12.8 Å². The molecule has 0 bridgehead atoms. The molecule has 1 aliphatic carbocycles. The summed E-state index contributed by atoms with van der Waals surface area (Å²) in [6.45, 7) is 0. The van der Waals surface area contributed by atoms with Crippen molar-refractivity contribution in [2.45, 2.75) is 24.8 Å². The topological polar surface area (TPSA) is 80.9 Å². The molecule has 0 amide bonds. The number of hydrogen-bond acceptors (Lipinski definition) is 4. The Bertz CT molecular complexity index is 291. The summed E-state index contributed by atoms with van der Waals surface area (Å²) in [5, 5.41) is 19.4. The molecule has 1 aromatic heterocycles. The summed E-state index contributed by atoms with van der Waals surface area (Å²) in [4.78, 5) is 10.9. The van der Waals surface area contributed by atoms with E-state index in [9.17, 15) is 4.79 Å². The first-order valence-electron chi connectivity index (χ1n) is 3.72. The first-order chi connectivity index (χ1) is 5.76. The van der Waals surface area contributed by atoms with E-state index in [2.05, 4.69) is 15.5 Å². The molecule has 0 spiro atoms. The minimum atomic E-state index is -0.858. The van der Waals surface area contributed by atoms with Crippen LogP contribution in [0, 0.1) is 0 Å². The number of aromatic nitrogens is 4. The van der Waals surface area contributed by atoms with Gasteiger partial charge in [-0.1, -0.05) is 0 Å². The van der Waals surface area contributed by atoms with Gasteiger partial charge in [-0.15, -0.1) is 5.10 Å². The summed E-state index contributed by atoms with van der Waals surface area (Å²) >= 11 is 0. The Morgan fingerprint density at radius 3 is 2.67 bits per heavy atom. The van der Waals surface area contributed by atoms with Crippen molar-refractivity contribution < 1.29 is 9.90 Å². The molecular formula is C6H8N4O2. The van der Waals surface area contributed by atoms with Crippen LogP contribution in [-0.2, 0) is 10.3 Å². The molecule has 2 rings (SSSR count). The van der Waals surface area contributed by atoms with Gasteiger partial charge in [0.15, 0.2) is 5.54 Å². The smallest absolute Gasteiger partial charge is 0.331 e. The summed E-state index contributed by atoms with van der Waals surface area (Å²) in [6, 6.07) is 0. The normalized spacial score (nSPS) is 20.0. The van der Waals surface area contributed by atoms with Gasteiger partial charge >= 0.3 is 5.97 Å². The number of hydrogen-bond donors (Lipinski definition) is 1. The lowest BCUT2D eigenvalue weighted by molar-refractivity contribution is -0.153. The van der Waals surface area contributed by atoms with Crippen molar-refractivity contribution in [3.8, 4) is 0 Å². The Morgan fingerprint density at radius 1 is 1.58 bits per heavy atom. The maximum atomic E-state index is 10.9. The van der Waals surface area contributed by atoms with Crippen molar-refractivity contribution in [2.75, 3.05) is 0 Å². The molecule has 6 heteroatoms. The van der Waals surface area contributed by atoms with Crippen LogP contribution in [0.2, 0.25) is 0 Å². The van der Waals surface area contributed by atoms with Crippen molar-refractivity contribution in [2.24, 2.45) is 0 Å². The van der Waals surface area contributed by atoms with Gasteiger partial charge in [-0.3, -0.25) is 0 Å². The lowest BCUT2D eigenvalue weighted by Gasteiger charge is -2.36. The third-order valence-corrected chi connectivity index (χ3v) is 2.37. The van der Waals surface area contributed by atoms with Crippen LogP contribution in [0.15, 0.2) is 6.33 Å². The van der Waals surface area contributed by atoms with Crippen molar-refractivity contribution in [1.29, 1.82) is 0 Å². The minimum Gasteiger partial charge on any atom is -0.479 e. The maximum Gasteiger partial charge on any atom is 0.331 e. The van der Waals surface area contributed by atoms with E-state index < -0.39 is 11.5 Å². The molecule has 0 unspecified atom stereocenters. The molecule has 1 aromatic rings. The van der Waals surface area contributed by atoms with E-state index in [1.807, 2.05) is 0 Å². The predicted octanol–water partition coefficient (Wildman–Crippen LogP) is -0.363. The molecule has 0 saturated heterocycles. The molecule has 1 aliphatic rings. The van der Waals surface area contributed by atoms with Crippen molar-refractivity contribution in [3.63, 3.8) is 0 Å². The van der Waals surface area contributed by atoms with Crippen LogP contribution in [0.3, 0.4) is 0 Å². The summed E-state index contributed by atoms with van der Waals surface area (Å²) in [7, 11) is 0. The summed E-state index contributed by atoms with van der Waals surface area (Å²) in [6.07, 6.45) is 3.51. The van der Waals surface area contributed by atoms with Crippen molar-refractivity contribution in [3.05, 3.63) is 6.33 Å². The Balaban J connectivity index is 2.35. The molecule has 0 atom stereocenters. The van der Waals surface area contributed by atoms with Crippen LogP contribution in [0.5, 0.6) is 0 Å². The van der Waals surface area contributed by atoms with Crippen molar-refractivity contribution >= 4 is 5.97 Å². The molecular weight excluding hydrogens is 160 g/mol. The molecule has 0 aliphatic heterocycles. The lowest BCUT2D eigenvalue weighted by atomic mass is 9.77. The largest absolute Gasteiger partial charge is 0.479 e. The van der Waals surface area contributed by atoms with Crippen LogP contribution in [0.25, 0.3) is 0 Å². The van der Waals surface area contributed by atoms with E-state index in [1.54, 1.807) is 0 Å². The van der Waals surface area contributed by atoms with Crippen LogP contribution in [0.4, 0.5) is 0 Å². The average molecular weight is 168 g/mol. The van der Waals surface area contributed by atoms with Gasteiger partial charge in [-0.2, -0.15) is 0 Å². The molecule has 6 nitrogen and oxygen atoms in total. The highest BCUT2D eigenvalue weighted by atomic mass is 16.4. The molecule has 0 radical (unpaired) electrons. The maximum absolute atomic E-state index is 10.9. The Hall–Kier alpha value is -1.46. The van der Waals surface area contributed by atoms with E-state index in [1.165, 1.54) is 11.0 Å². The van der Waals surface area contributed by atoms with E-state index >= 15 is 0 Å².